The van der Waals surface area contributed by atoms with Crippen molar-refractivity contribution in [1.82, 2.24) is 15.0 Å². The molecular formula is C21H22F2N4O4. The highest BCUT2D eigenvalue weighted by Crippen LogP contribution is 2.22. The van der Waals surface area contributed by atoms with E-state index in [1.165, 1.54) is 12.3 Å². The fourth-order valence-electron chi connectivity index (χ4n) is 3.22. The monoisotopic (exact) mass is 432 g/mol. The molecule has 0 unspecified atom stereocenters. The average Bonchev–Trinajstić information content (AvgIpc) is 2.74. The van der Waals surface area contributed by atoms with Gasteiger partial charge in [-0.15, -0.1) is 4.73 Å². The summed E-state index contributed by atoms with van der Waals surface area (Å²) in [6.45, 7) is -0.198. The van der Waals surface area contributed by atoms with Crippen LogP contribution in [0.15, 0.2) is 35.3 Å². The van der Waals surface area contributed by atoms with Crippen LogP contribution in [0.3, 0.4) is 0 Å². The number of aryl methyl sites for hydroxylation is 1. The summed E-state index contributed by atoms with van der Waals surface area (Å²) in [5.41, 5.74) is 5.06. The topological polar surface area (TPSA) is 130 Å². The maximum Gasteiger partial charge on any atom is 0.299 e. The fourth-order valence-corrected chi connectivity index (χ4v) is 3.22. The van der Waals surface area contributed by atoms with Crippen molar-refractivity contribution in [2.75, 3.05) is 12.3 Å². The summed E-state index contributed by atoms with van der Waals surface area (Å²) in [7, 11) is 0. The van der Waals surface area contributed by atoms with E-state index in [4.69, 9.17) is 10.8 Å². The molecule has 0 bridgehead atoms. The lowest BCUT2D eigenvalue weighted by Gasteiger charge is -2.12. The number of aliphatic hydroxyl groups excluding tert-OH is 1. The number of pyridine rings is 2. The standard InChI is InChI=1S/C21H22F2N4O4/c22-14-6-5-13(16(23)9-14)11-26-20(29)17-18(24)15-8-12(4-2-1-3-7-28)10-25-19(15)27(31)21(17)30/h5-6,8-10,28,31H,1-4,7,11,24H2,(H,26,29). The van der Waals surface area contributed by atoms with Crippen LogP contribution in [0, 0.1) is 11.6 Å². The van der Waals surface area contributed by atoms with Gasteiger partial charge in [0.2, 0.25) is 0 Å². The first-order valence-electron chi connectivity index (χ1n) is 9.68. The number of carbonyl (C=O) groups is 1. The van der Waals surface area contributed by atoms with Crippen LogP contribution in [-0.4, -0.2) is 32.5 Å². The fraction of sp³-hybridized carbons (Fsp3) is 0.286. The summed E-state index contributed by atoms with van der Waals surface area (Å²) >= 11 is 0. The number of amides is 1. The van der Waals surface area contributed by atoms with E-state index < -0.39 is 28.7 Å². The lowest BCUT2D eigenvalue weighted by atomic mass is 10.1. The lowest BCUT2D eigenvalue weighted by Crippen LogP contribution is -2.34. The van der Waals surface area contributed by atoms with Crippen molar-refractivity contribution < 1.29 is 23.9 Å². The molecule has 0 spiro atoms. The maximum atomic E-state index is 13.8. The van der Waals surface area contributed by atoms with Crippen LogP contribution in [0.25, 0.3) is 11.0 Å². The molecule has 0 fully saturated rings. The zero-order valence-electron chi connectivity index (χ0n) is 16.6. The first-order chi connectivity index (χ1) is 14.8. The number of nitrogens with zero attached hydrogens (tertiary/aromatic N) is 2. The molecule has 10 heteroatoms. The summed E-state index contributed by atoms with van der Waals surface area (Å²) in [5, 5.41) is 21.6. The Kier molecular flexibility index (Phi) is 6.81. The van der Waals surface area contributed by atoms with E-state index in [1.807, 2.05) is 0 Å². The van der Waals surface area contributed by atoms with Crippen LogP contribution in [-0.2, 0) is 13.0 Å². The van der Waals surface area contributed by atoms with Crippen molar-refractivity contribution in [3.63, 3.8) is 0 Å². The Hall–Kier alpha value is -3.53. The number of benzene rings is 1. The minimum absolute atomic E-state index is 0.0188. The number of hydrogen-bond acceptors (Lipinski definition) is 6. The van der Waals surface area contributed by atoms with Gasteiger partial charge in [0.25, 0.3) is 11.5 Å². The van der Waals surface area contributed by atoms with Crippen molar-refractivity contribution in [3.05, 3.63) is 69.1 Å². The van der Waals surface area contributed by atoms with Gasteiger partial charge in [-0.3, -0.25) is 9.59 Å². The minimum Gasteiger partial charge on any atom is -0.423 e. The van der Waals surface area contributed by atoms with Gasteiger partial charge < -0.3 is 21.4 Å². The molecule has 3 aromatic rings. The number of nitrogens with one attached hydrogen (secondary N) is 1. The molecule has 2 heterocycles. The van der Waals surface area contributed by atoms with Crippen LogP contribution in [0.1, 0.15) is 40.7 Å². The van der Waals surface area contributed by atoms with E-state index in [-0.39, 0.29) is 40.2 Å². The number of unbranched alkanes of at least 4 members (excludes halogenated alkanes) is 2. The number of carbonyl (C=O) groups excluding carboxylic acids is 1. The highest BCUT2D eigenvalue weighted by Gasteiger charge is 2.22. The SMILES string of the molecule is Nc1c(C(=O)NCc2ccc(F)cc2F)c(=O)n(O)c2ncc(CCCCCO)cc12. The summed E-state index contributed by atoms with van der Waals surface area (Å²) in [4.78, 5) is 29.2. The molecule has 0 saturated heterocycles. The van der Waals surface area contributed by atoms with Gasteiger partial charge >= 0.3 is 0 Å². The van der Waals surface area contributed by atoms with E-state index in [0.717, 1.165) is 24.5 Å². The number of fused-ring (bicyclic) bond motifs is 1. The third-order valence-corrected chi connectivity index (χ3v) is 4.89. The Labute approximate surface area is 175 Å². The molecule has 3 rings (SSSR count). The zero-order valence-corrected chi connectivity index (χ0v) is 16.6. The minimum atomic E-state index is -1.06. The first-order valence-corrected chi connectivity index (χ1v) is 9.68. The molecule has 1 aromatic carbocycles. The van der Waals surface area contributed by atoms with E-state index >= 15 is 0 Å². The Balaban J connectivity index is 1.89. The predicted octanol–water partition coefficient (Wildman–Crippen LogP) is 2.13. The van der Waals surface area contributed by atoms with E-state index in [1.54, 1.807) is 6.07 Å². The van der Waals surface area contributed by atoms with Gasteiger partial charge in [-0.1, -0.05) is 12.5 Å². The Morgan fingerprint density at radius 3 is 2.68 bits per heavy atom. The van der Waals surface area contributed by atoms with Gasteiger partial charge in [-0.25, -0.2) is 13.8 Å². The molecule has 164 valence electrons. The molecule has 0 aliphatic rings. The highest BCUT2D eigenvalue weighted by molar-refractivity contribution is 6.05. The van der Waals surface area contributed by atoms with Crippen LogP contribution < -0.4 is 16.6 Å². The van der Waals surface area contributed by atoms with Crippen molar-refractivity contribution >= 4 is 22.6 Å². The number of hydrogen-bond donors (Lipinski definition) is 4. The third-order valence-electron chi connectivity index (χ3n) is 4.89. The second-order valence-electron chi connectivity index (χ2n) is 7.07. The largest absolute Gasteiger partial charge is 0.423 e. The average molecular weight is 432 g/mol. The zero-order chi connectivity index (χ0) is 22.5. The lowest BCUT2D eigenvalue weighted by molar-refractivity contribution is 0.0944. The van der Waals surface area contributed by atoms with E-state index in [9.17, 15) is 23.6 Å². The summed E-state index contributed by atoms with van der Waals surface area (Å²) < 4.78 is 27.1. The summed E-state index contributed by atoms with van der Waals surface area (Å²) in [6, 6.07) is 4.54. The van der Waals surface area contributed by atoms with Crippen LogP contribution in [0.5, 0.6) is 0 Å². The van der Waals surface area contributed by atoms with Crippen LogP contribution in [0.2, 0.25) is 0 Å². The first kappa shape index (κ1) is 22.2. The number of halogens is 2. The molecule has 0 saturated carbocycles. The van der Waals surface area contributed by atoms with E-state index in [2.05, 4.69) is 10.3 Å². The number of rotatable bonds is 8. The molecule has 0 radical (unpaired) electrons. The van der Waals surface area contributed by atoms with Gasteiger partial charge in [0, 0.05) is 36.4 Å². The van der Waals surface area contributed by atoms with Crippen molar-refractivity contribution in [2.45, 2.75) is 32.2 Å². The molecule has 5 N–H and O–H groups in total. The third kappa shape index (κ3) is 4.80. The van der Waals surface area contributed by atoms with Gasteiger partial charge in [0.15, 0.2) is 5.65 Å². The predicted molar refractivity (Wildman–Crippen MR) is 110 cm³/mol. The second kappa shape index (κ2) is 9.52. The van der Waals surface area contributed by atoms with Gasteiger partial charge in [0.05, 0.1) is 5.69 Å². The summed E-state index contributed by atoms with van der Waals surface area (Å²) in [5.74, 6) is -2.51. The highest BCUT2D eigenvalue weighted by atomic mass is 19.1. The van der Waals surface area contributed by atoms with Crippen LogP contribution in [0.4, 0.5) is 14.5 Å². The molecule has 8 nitrogen and oxygen atoms in total. The number of aromatic nitrogens is 2. The second-order valence-corrected chi connectivity index (χ2v) is 7.07. The van der Waals surface area contributed by atoms with E-state index in [0.29, 0.717) is 18.9 Å². The molecule has 2 aromatic heterocycles. The Bertz CT molecular complexity index is 1180. The maximum absolute atomic E-state index is 13.8. The molecule has 31 heavy (non-hydrogen) atoms. The normalized spacial score (nSPS) is 11.1. The quantitative estimate of drug-likeness (QED) is 0.319. The Morgan fingerprint density at radius 1 is 1.19 bits per heavy atom. The number of nitrogen functional groups attached to an aromatic ring is 1. The van der Waals surface area contributed by atoms with Crippen LogP contribution >= 0.6 is 0 Å². The number of anilines is 1. The van der Waals surface area contributed by atoms with Crippen molar-refractivity contribution in [1.29, 1.82) is 0 Å². The number of nitrogens with two attached hydrogens (primary N) is 1. The van der Waals surface area contributed by atoms with Gasteiger partial charge in [0.1, 0.15) is 17.2 Å². The molecule has 0 aliphatic carbocycles. The van der Waals surface area contributed by atoms with Gasteiger partial charge in [-0.2, -0.15) is 0 Å². The molecule has 0 atom stereocenters. The molecule has 0 aliphatic heterocycles. The van der Waals surface area contributed by atoms with Crippen molar-refractivity contribution in [2.24, 2.45) is 0 Å². The summed E-state index contributed by atoms with van der Waals surface area (Å²) in [6.07, 6.45) is 4.43. The smallest absolute Gasteiger partial charge is 0.299 e. The van der Waals surface area contributed by atoms with Crippen molar-refractivity contribution in [3.8, 4) is 0 Å². The van der Waals surface area contributed by atoms with Gasteiger partial charge in [-0.05, 0) is 37.0 Å². The molecule has 1 amide bonds. The number of aliphatic hydroxyl groups is 1. The Morgan fingerprint density at radius 2 is 1.97 bits per heavy atom. The molecular weight excluding hydrogens is 410 g/mol.